The van der Waals surface area contributed by atoms with Crippen molar-refractivity contribution in [1.82, 2.24) is 9.88 Å². The van der Waals surface area contributed by atoms with Crippen LogP contribution in [0.3, 0.4) is 0 Å². The molecular formula is C37H54N2O9S. The summed E-state index contributed by atoms with van der Waals surface area (Å²) in [6.07, 6.45) is 4.22. The summed E-state index contributed by atoms with van der Waals surface area (Å²) in [7, 11) is 0. The van der Waals surface area contributed by atoms with E-state index in [1.807, 2.05) is 39.2 Å². The number of aliphatic hydroxyl groups excluding tert-OH is 2. The summed E-state index contributed by atoms with van der Waals surface area (Å²) in [6, 6.07) is 0. The number of imide groups is 1. The van der Waals surface area contributed by atoms with E-state index in [4.69, 9.17) is 9.47 Å². The Bertz CT molecular complexity index is 1380. The summed E-state index contributed by atoms with van der Waals surface area (Å²) >= 11 is 1.51. The highest BCUT2D eigenvalue weighted by atomic mass is 32.1. The Labute approximate surface area is 294 Å². The predicted octanol–water partition coefficient (Wildman–Crippen LogP) is 5.35. The van der Waals surface area contributed by atoms with Crippen LogP contribution in [0.2, 0.25) is 0 Å². The lowest BCUT2D eigenvalue weighted by atomic mass is 9.72. The first kappa shape index (κ1) is 40.2. The van der Waals surface area contributed by atoms with Gasteiger partial charge in [0.1, 0.15) is 18.0 Å². The summed E-state index contributed by atoms with van der Waals surface area (Å²) < 4.78 is 11.8. The molecule has 2 N–H and O–H groups in total. The maximum atomic E-state index is 13.9. The number of thiazole rings is 1. The molecule has 0 aromatic carbocycles. The van der Waals surface area contributed by atoms with E-state index < -0.39 is 54.1 Å². The molecule has 3 heterocycles. The number of rotatable bonds is 9. The molecule has 1 saturated heterocycles. The van der Waals surface area contributed by atoms with Gasteiger partial charge >= 0.3 is 11.9 Å². The summed E-state index contributed by atoms with van der Waals surface area (Å²) in [5, 5.41) is 25.2. The minimum atomic E-state index is -1.37. The molecule has 1 aromatic heterocycles. The van der Waals surface area contributed by atoms with Crippen molar-refractivity contribution in [2.45, 2.75) is 131 Å². The van der Waals surface area contributed by atoms with Gasteiger partial charge in [0.05, 0.1) is 40.7 Å². The van der Waals surface area contributed by atoms with Crippen molar-refractivity contribution in [3.8, 4) is 0 Å². The highest BCUT2D eigenvalue weighted by molar-refractivity contribution is 7.09. The molecule has 0 saturated carbocycles. The van der Waals surface area contributed by atoms with Gasteiger partial charge in [-0.3, -0.25) is 28.9 Å². The Morgan fingerprint density at radius 2 is 1.71 bits per heavy atom. The third-order valence-electron chi connectivity index (χ3n) is 9.95. The zero-order valence-electron chi connectivity index (χ0n) is 30.0. The van der Waals surface area contributed by atoms with E-state index in [0.717, 1.165) is 16.3 Å². The number of aryl methyl sites for hydroxylation is 1. The number of amides is 2. The molecule has 11 nitrogen and oxygen atoms in total. The zero-order valence-corrected chi connectivity index (χ0v) is 30.8. The van der Waals surface area contributed by atoms with Crippen LogP contribution in [0.1, 0.15) is 110 Å². The number of nitrogens with zero attached hydrogens (tertiary/aromatic N) is 2. The molecule has 0 radical (unpaired) electrons. The number of cyclic esters (lactones) is 1. The quantitative estimate of drug-likeness (QED) is 0.195. The largest absolute Gasteiger partial charge is 0.461 e. The maximum absolute atomic E-state index is 13.9. The Kier molecular flexibility index (Phi) is 14.9. The Morgan fingerprint density at radius 1 is 1.06 bits per heavy atom. The number of hydrogen-bond donors (Lipinski definition) is 2. The summed E-state index contributed by atoms with van der Waals surface area (Å²) in [5.41, 5.74) is 0.101. The van der Waals surface area contributed by atoms with Crippen molar-refractivity contribution in [3.63, 3.8) is 0 Å². The minimum absolute atomic E-state index is 0.114. The van der Waals surface area contributed by atoms with Gasteiger partial charge < -0.3 is 19.7 Å². The first-order chi connectivity index (χ1) is 23.0. The molecule has 7 unspecified atom stereocenters. The molecule has 0 bridgehead atoms. The number of hydrogen-bond acceptors (Lipinski definition) is 11. The maximum Gasteiger partial charge on any atom is 0.309 e. The fraction of sp³-hybridized carbons (Fsp3) is 0.676. The number of esters is 2. The number of aliphatic hydroxyl groups is 2. The van der Waals surface area contributed by atoms with Crippen LogP contribution in [-0.4, -0.2) is 80.6 Å². The summed E-state index contributed by atoms with van der Waals surface area (Å²) in [4.78, 5) is 69.3. The van der Waals surface area contributed by atoms with E-state index in [9.17, 15) is 34.2 Å². The van der Waals surface area contributed by atoms with E-state index in [-0.39, 0.29) is 48.8 Å². The lowest BCUT2D eigenvalue weighted by Crippen LogP contribution is -2.47. The monoisotopic (exact) mass is 702 g/mol. The minimum Gasteiger partial charge on any atom is -0.461 e. The van der Waals surface area contributed by atoms with Crippen LogP contribution >= 0.6 is 11.3 Å². The Hall–Kier alpha value is -3.22. The second-order valence-corrected chi connectivity index (χ2v) is 15.4. The fourth-order valence-electron chi connectivity index (χ4n) is 6.48. The molecule has 0 aliphatic carbocycles. The van der Waals surface area contributed by atoms with Gasteiger partial charge in [-0.25, -0.2) is 4.98 Å². The van der Waals surface area contributed by atoms with Gasteiger partial charge in [0.15, 0.2) is 0 Å². The molecule has 2 amide bonds. The van der Waals surface area contributed by atoms with E-state index >= 15 is 0 Å². The van der Waals surface area contributed by atoms with Crippen molar-refractivity contribution in [1.29, 1.82) is 0 Å². The predicted molar refractivity (Wildman–Crippen MR) is 186 cm³/mol. The van der Waals surface area contributed by atoms with E-state index in [0.29, 0.717) is 38.5 Å². The van der Waals surface area contributed by atoms with E-state index in [1.165, 1.54) is 28.4 Å². The molecule has 2 aliphatic heterocycles. The van der Waals surface area contributed by atoms with Crippen LogP contribution in [0.15, 0.2) is 23.1 Å². The molecule has 3 rings (SSSR count). The summed E-state index contributed by atoms with van der Waals surface area (Å²) in [6.45, 7) is 12.8. The average molecular weight is 703 g/mol. The molecule has 1 fully saturated rings. The third kappa shape index (κ3) is 11.4. The third-order valence-corrected chi connectivity index (χ3v) is 10.7. The van der Waals surface area contributed by atoms with Crippen LogP contribution in [0.5, 0.6) is 0 Å². The van der Waals surface area contributed by atoms with Crippen molar-refractivity contribution in [2.75, 3.05) is 6.54 Å². The standard InChI is InChI=1S/C37H54N2O9S/c1-22-12-11-13-23(2)35(48-33(44)14-9-8-10-17-39-31(42)15-16-32(39)43)25(4)36(46)37(6,7)30(41)20-34(45)47-29(19-28(22)40)24(3)18-27-21-49-26(5)38-27/h15-16,18,21-23,25,28-30,35,40-41H,8-14,17,19-20H2,1-7H3. The van der Waals surface area contributed by atoms with Crippen LogP contribution < -0.4 is 0 Å². The van der Waals surface area contributed by atoms with E-state index in [1.54, 1.807) is 20.8 Å². The lowest BCUT2D eigenvalue weighted by Gasteiger charge is -2.36. The van der Waals surface area contributed by atoms with Crippen molar-refractivity contribution in [2.24, 2.45) is 23.2 Å². The van der Waals surface area contributed by atoms with Crippen molar-refractivity contribution < 1.29 is 43.7 Å². The molecular weight excluding hydrogens is 648 g/mol. The Balaban J connectivity index is 1.72. The lowest BCUT2D eigenvalue weighted by molar-refractivity contribution is -0.161. The second kappa shape index (κ2) is 18.1. The van der Waals surface area contributed by atoms with Crippen molar-refractivity contribution in [3.05, 3.63) is 33.8 Å². The number of aromatic nitrogens is 1. The molecule has 2 aliphatic rings. The molecule has 0 spiro atoms. The van der Waals surface area contributed by atoms with Gasteiger partial charge in [0.25, 0.3) is 11.8 Å². The zero-order chi connectivity index (χ0) is 36.5. The number of ketones is 1. The number of carbonyl (C=O) groups excluding carboxylic acids is 5. The number of carbonyl (C=O) groups is 5. The smallest absolute Gasteiger partial charge is 0.309 e. The van der Waals surface area contributed by atoms with Crippen LogP contribution in [0.25, 0.3) is 6.08 Å². The molecule has 1 aromatic rings. The van der Waals surface area contributed by atoms with Gasteiger partial charge in [0, 0.05) is 36.9 Å². The van der Waals surface area contributed by atoms with Gasteiger partial charge in [-0.1, -0.05) is 47.5 Å². The average Bonchev–Trinajstić information content (AvgIpc) is 3.60. The van der Waals surface area contributed by atoms with Gasteiger partial charge in [0.2, 0.25) is 0 Å². The number of Topliss-reactive ketones (excluding diaryl/α,β-unsaturated/α-hetero) is 1. The molecule has 7 atom stereocenters. The first-order valence-electron chi connectivity index (χ1n) is 17.4. The number of ether oxygens (including phenoxy) is 2. The van der Waals surface area contributed by atoms with Gasteiger partial charge in [-0.2, -0.15) is 0 Å². The molecule has 49 heavy (non-hydrogen) atoms. The van der Waals surface area contributed by atoms with Gasteiger partial charge in [-0.15, -0.1) is 11.3 Å². The fourth-order valence-corrected chi connectivity index (χ4v) is 7.05. The highest BCUT2D eigenvalue weighted by Gasteiger charge is 2.44. The SMILES string of the molecule is CC(=Cc1csc(C)n1)C1CC(O)C(C)CCCC(C)C(OC(=O)CCCCCN2C(=O)C=CC2=O)C(C)C(=O)C(C)(C)C(O)CC(=O)O1. The van der Waals surface area contributed by atoms with Crippen LogP contribution in [-0.2, 0) is 33.4 Å². The van der Waals surface area contributed by atoms with E-state index in [2.05, 4.69) is 4.98 Å². The van der Waals surface area contributed by atoms with Crippen LogP contribution in [0, 0.1) is 30.1 Å². The van der Waals surface area contributed by atoms with Crippen LogP contribution in [0.4, 0.5) is 0 Å². The molecule has 272 valence electrons. The second-order valence-electron chi connectivity index (χ2n) is 14.4. The van der Waals surface area contributed by atoms with Crippen molar-refractivity contribution >= 4 is 46.9 Å². The molecule has 12 heteroatoms. The van der Waals surface area contributed by atoms with Gasteiger partial charge in [-0.05, 0) is 63.0 Å². The normalized spacial score (nSPS) is 29.3. The summed E-state index contributed by atoms with van der Waals surface area (Å²) in [5.74, 6) is -3.22. The number of unbranched alkanes of at least 4 members (excludes halogenated alkanes) is 2. The topological polar surface area (TPSA) is 160 Å². The Morgan fingerprint density at radius 3 is 2.35 bits per heavy atom. The first-order valence-corrected chi connectivity index (χ1v) is 18.3. The highest BCUT2D eigenvalue weighted by Crippen LogP contribution is 2.34.